The van der Waals surface area contributed by atoms with Crippen LogP contribution in [0.1, 0.15) is 0 Å². The zero-order chi connectivity index (χ0) is 25.2. The van der Waals surface area contributed by atoms with Gasteiger partial charge in [0.2, 0.25) is 5.83 Å². The van der Waals surface area contributed by atoms with Crippen LogP contribution in [0.2, 0.25) is 0 Å². The van der Waals surface area contributed by atoms with Crippen molar-refractivity contribution in [2.24, 2.45) is 0 Å². The Balaban J connectivity index is 7.47. The first kappa shape index (κ1) is 28.5. The van der Waals surface area contributed by atoms with Gasteiger partial charge in [0.05, 0.1) is 0 Å². The summed E-state index contributed by atoms with van der Waals surface area (Å²) >= 11 is 0. The first-order chi connectivity index (χ1) is 12.6. The van der Waals surface area contributed by atoms with Gasteiger partial charge in [-0.1, -0.05) is 0 Å². The molecule has 0 aromatic carbocycles. The van der Waals surface area contributed by atoms with Gasteiger partial charge < -0.3 is 10.2 Å². The van der Waals surface area contributed by atoms with Gasteiger partial charge in [0.1, 0.15) is 0 Å². The van der Waals surface area contributed by atoms with Crippen LogP contribution in [0.25, 0.3) is 0 Å². The van der Waals surface area contributed by atoms with Crippen LogP contribution in [0, 0.1) is 0 Å². The topological polar surface area (TPSA) is 94.8 Å². The van der Waals surface area contributed by atoms with Gasteiger partial charge in [0, 0.05) is 0 Å². The summed E-state index contributed by atoms with van der Waals surface area (Å²) in [5.41, 5.74) is -8.69. The molecule has 5 nitrogen and oxygen atoms in total. The fraction of sp³-hybridized carbons (Fsp3) is 0.778. The van der Waals surface area contributed by atoms with E-state index in [-0.39, 0.29) is 0 Å². The fourth-order valence-corrected chi connectivity index (χ4v) is 2.10. The maximum Gasteiger partial charge on any atom is 0.437 e. The second-order valence-electron chi connectivity index (χ2n) is 5.12. The molecular weight excluding hydrogens is 505 g/mol. The van der Waals surface area contributed by atoms with Crippen molar-refractivity contribution in [2.45, 2.75) is 40.7 Å². The summed E-state index contributed by atoms with van der Waals surface area (Å²) in [7, 11) is -7.88. The first-order valence-corrected chi connectivity index (χ1v) is 7.44. The van der Waals surface area contributed by atoms with Gasteiger partial charge in [-0.2, -0.15) is 65.5 Å². The van der Waals surface area contributed by atoms with Crippen LogP contribution in [0.5, 0.6) is 0 Å². The molecule has 0 rings (SSSR count). The largest absolute Gasteiger partial charge is 0.437 e. The summed E-state index contributed by atoms with van der Waals surface area (Å²) in [4.78, 5) is 0. The van der Waals surface area contributed by atoms with Crippen molar-refractivity contribution in [1.29, 1.82) is 0 Å². The molecule has 0 spiro atoms. The molecule has 21 heteroatoms. The van der Waals surface area contributed by atoms with Crippen LogP contribution >= 0.6 is 0 Å². The number of alkyl halides is 12. The number of halogens is 15. The first-order valence-electron chi connectivity index (χ1n) is 6.00. The molecule has 0 aliphatic rings. The molecule has 0 aliphatic heterocycles. The highest BCUT2D eigenvalue weighted by Gasteiger charge is 2.96. The summed E-state index contributed by atoms with van der Waals surface area (Å²) in [6.07, 6.45) is -12.8. The van der Waals surface area contributed by atoms with Gasteiger partial charge >= 0.3 is 56.9 Å². The predicted molar refractivity (Wildman–Crippen MR) is 58.7 cm³/mol. The molecule has 3 unspecified atom stereocenters. The lowest BCUT2D eigenvalue weighted by molar-refractivity contribution is -0.460. The zero-order valence-electron chi connectivity index (χ0n) is 12.7. The summed E-state index contributed by atoms with van der Waals surface area (Å²) < 4.78 is 223. The SMILES string of the molecule is O=S(=O)(O)C(F)(F)C(F)(F)C(O)(F)C(F)(C(F)(F)F)C(F)(F)C(O)(F)C(F)=C(F)F. The number of hydrogen-bond acceptors (Lipinski definition) is 4. The third-order valence-electron chi connectivity index (χ3n) is 3.26. The van der Waals surface area contributed by atoms with Crippen LogP contribution in [0.15, 0.2) is 11.9 Å². The highest BCUT2D eigenvalue weighted by molar-refractivity contribution is 7.87. The molecular formula is C9H3F15O5S. The van der Waals surface area contributed by atoms with Crippen molar-refractivity contribution in [1.82, 2.24) is 0 Å². The van der Waals surface area contributed by atoms with E-state index >= 15 is 0 Å². The highest BCUT2D eigenvalue weighted by Crippen LogP contribution is 2.63. The van der Waals surface area contributed by atoms with E-state index in [0.29, 0.717) is 0 Å². The van der Waals surface area contributed by atoms with Crippen molar-refractivity contribution in [3.05, 3.63) is 11.9 Å². The lowest BCUT2D eigenvalue weighted by Gasteiger charge is -2.46. The quantitative estimate of drug-likeness (QED) is 0.362. The second-order valence-corrected chi connectivity index (χ2v) is 6.58. The molecule has 0 radical (unpaired) electrons. The van der Waals surface area contributed by atoms with Gasteiger partial charge in [-0.15, -0.1) is 0 Å². The molecule has 180 valence electrons. The van der Waals surface area contributed by atoms with Gasteiger partial charge in [-0.3, -0.25) is 4.55 Å². The molecule has 0 aromatic rings. The molecule has 0 bridgehead atoms. The van der Waals surface area contributed by atoms with Gasteiger partial charge in [-0.05, 0) is 0 Å². The molecule has 0 saturated carbocycles. The molecule has 3 atom stereocenters. The maximum atomic E-state index is 14.0. The van der Waals surface area contributed by atoms with E-state index in [2.05, 4.69) is 0 Å². The van der Waals surface area contributed by atoms with Crippen molar-refractivity contribution < 1.29 is 89.0 Å². The predicted octanol–water partition coefficient (Wildman–Crippen LogP) is 3.40. The standard InChI is InChI=1S/C9H3F15O5S/c10-1(2(11)12)3(13,25)5(15,16)4(14,8(20,21)22)7(19,26)6(17,18)9(23,24)30(27,28)29/h25-26H,(H,27,28,29). The Labute approximate surface area is 153 Å². The Morgan fingerprint density at radius 3 is 1.23 bits per heavy atom. The van der Waals surface area contributed by atoms with Crippen molar-refractivity contribution in [3.63, 3.8) is 0 Å². The number of aliphatic hydroxyl groups is 2. The van der Waals surface area contributed by atoms with E-state index in [1.165, 1.54) is 0 Å². The van der Waals surface area contributed by atoms with Gasteiger partial charge in [0.15, 0.2) is 0 Å². The molecule has 0 amide bonds. The van der Waals surface area contributed by atoms with Crippen molar-refractivity contribution in [3.8, 4) is 0 Å². The third kappa shape index (κ3) is 3.38. The van der Waals surface area contributed by atoms with Gasteiger partial charge in [-0.25, -0.2) is 8.78 Å². The minimum absolute atomic E-state index is 4.53. The molecule has 0 heterocycles. The normalized spacial score (nSPS) is 20.7. The number of rotatable bonds is 7. The van der Waals surface area contributed by atoms with E-state index in [9.17, 15) is 74.3 Å². The van der Waals surface area contributed by atoms with E-state index in [1.807, 2.05) is 0 Å². The third-order valence-corrected chi connectivity index (χ3v) is 4.16. The lowest BCUT2D eigenvalue weighted by Crippen LogP contribution is -2.80. The average Bonchev–Trinajstić information content (AvgIpc) is 2.49. The van der Waals surface area contributed by atoms with E-state index in [0.717, 1.165) is 0 Å². The number of hydrogen-bond donors (Lipinski definition) is 3. The highest BCUT2D eigenvalue weighted by atomic mass is 32.2. The Bertz CT molecular complexity index is 809. The van der Waals surface area contributed by atoms with E-state index in [4.69, 9.17) is 14.8 Å². The molecule has 0 fully saturated rings. The molecule has 0 aromatic heterocycles. The van der Waals surface area contributed by atoms with Crippen LogP contribution in [-0.4, -0.2) is 63.8 Å². The Hall–Kier alpha value is -1.48. The molecule has 0 saturated heterocycles. The smallest absolute Gasteiger partial charge is 0.354 e. The van der Waals surface area contributed by atoms with Crippen LogP contribution in [0.4, 0.5) is 65.9 Å². The van der Waals surface area contributed by atoms with E-state index < -0.39 is 62.7 Å². The van der Waals surface area contributed by atoms with Crippen LogP contribution in [-0.2, 0) is 10.1 Å². The maximum absolute atomic E-state index is 14.0. The average molecular weight is 508 g/mol. The van der Waals surface area contributed by atoms with E-state index in [1.54, 1.807) is 0 Å². The monoisotopic (exact) mass is 508 g/mol. The Morgan fingerprint density at radius 1 is 0.667 bits per heavy atom. The fourth-order valence-electron chi connectivity index (χ4n) is 1.64. The van der Waals surface area contributed by atoms with Gasteiger partial charge in [0.25, 0.3) is 0 Å². The summed E-state index contributed by atoms with van der Waals surface area (Å²) in [5, 5.41) is 8.79. The molecule has 30 heavy (non-hydrogen) atoms. The summed E-state index contributed by atoms with van der Waals surface area (Å²) in [6, 6.07) is 0. The summed E-state index contributed by atoms with van der Waals surface area (Å²) in [5.74, 6) is -37.4. The second kappa shape index (κ2) is 7.02. The minimum atomic E-state index is -8.69. The minimum Gasteiger partial charge on any atom is -0.354 e. The van der Waals surface area contributed by atoms with Crippen LogP contribution < -0.4 is 0 Å². The Morgan fingerprint density at radius 2 is 1.00 bits per heavy atom. The van der Waals surface area contributed by atoms with Crippen molar-refractivity contribution in [2.75, 3.05) is 0 Å². The zero-order valence-corrected chi connectivity index (χ0v) is 13.6. The van der Waals surface area contributed by atoms with Crippen LogP contribution in [0.3, 0.4) is 0 Å². The van der Waals surface area contributed by atoms with Crippen molar-refractivity contribution >= 4 is 10.1 Å². The molecule has 0 aliphatic carbocycles. The Kier molecular flexibility index (Phi) is 6.67. The molecule has 3 N–H and O–H groups in total. The lowest BCUT2D eigenvalue weighted by atomic mass is 9.80. The summed E-state index contributed by atoms with van der Waals surface area (Å²) in [6.45, 7) is 0.